The molecule has 574 valence electrons. The summed E-state index contributed by atoms with van der Waals surface area (Å²) < 4.78 is 68.4. The Labute approximate surface area is 606 Å². The molecule has 3 N–H and O–H groups in total. The van der Waals surface area contributed by atoms with Gasteiger partial charge in [-0.15, -0.1) is 0 Å². The van der Waals surface area contributed by atoms with E-state index < -0.39 is 97.5 Å². The Morgan fingerprint density at radius 2 is 0.530 bits per heavy atom. The summed E-state index contributed by atoms with van der Waals surface area (Å²) in [5.41, 5.74) is 0. The molecule has 0 amide bonds. The number of unbranched alkanes of at least 4 members (excludes halogenated alkanes) is 26. The lowest BCUT2D eigenvalue weighted by Crippen LogP contribution is -2.30. The lowest BCUT2D eigenvalue weighted by Gasteiger charge is -2.21. The summed E-state index contributed by atoms with van der Waals surface area (Å²) in [5, 5.41) is 10.6. The minimum atomic E-state index is -4.99. The molecule has 0 spiro atoms. The maximum absolute atomic E-state index is 13.1. The van der Waals surface area contributed by atoms with Crippen molar-refractivity contribution in [3.8, 4) is 0 Å². The third-order valence-corrected chi connectivity index (χ3v) is 17.8. The van der Waals surface area contributed by atoms with E-state index in [1.54, 1.807) is 0 Å². The summed E-state index contributed by atoms with van der Waals surface area (Å²) in [4.78, 5) is 72.9. The van der Waals surface area contributed by atoms with E-state index in [9.17, 15) is 43.2 Å². The van der Waals surface area contributed by atoms with E-state index >= 15 is 0 Å². The Morgan fingerprint density at radius 1 is 0.290 bits per heavy atom. The first kappa shape index (κ1) is 95.5. The van der Waals surface area contributed by atoms with E-state index in [4.69, 9.17) is 37.0 Å². The summed E-state index contributed by atoms with van der Waals surface area (Å²) in [6.45, 7) is 4.53. The summed E-state index contributed by atoms with van der Waals surface area (Å²) >= 11 is 0. The number of hydrogen-bond acceptors (Lipinski definition) is 15. The van der Waals surface area contributed by atoms with Crippen LogP contribution in [0.25, 0.3) is 0 Å². The van der Waals surface area contributed by atoms with Gasteiger partial charge >= 0.3 is 39.5 Å². The van der Waals surface area contributed by atoms with Gasteiger partial charge < -0.3 is 33.8 Å². The fourth-order valence-corrected chi connectivity index (χ4v) is 11.6. The molecule has 0 heterocycles. The first-order chi connectivity index (χ1) is 48.7. The molecule has 0 aliphatic carbocycles. The molecular weight excluding hydrogens is 1310 g/mol. The van der Waals surface area contributed by atoms with Crippen LogP contribution in [0.2, 0.25) is 0 Å². The van der Waals surface area contributed by atoms with Gasteiger partial charge in [-0.3, -0.25) is 37.3 Å². The molecule has 0 saturated heterocycles. The fourth-order valence-electron chi connectivity index (χ4n) is 10.0. The summed E-state index contributed by atoms with van der Waals surface area (Å²) in [5.74, 6) is -2.27. The standard InChI is InChI=1S/C81H138O17P2/c1-5-9-13-17-21-25-29-33-35-37-39-43-45-49-53-57-61-65-78(83)91-71-76(97-80(85)67-63-59-55-51-47-41-31-27-23-19-15-11-7-3)73-95-99(87,88)93-69-75(82)70-94-100(89,90)96-74-77(98-81(86)68-64-60-56-52-48-42-32-28-24-20-16-12-8-4)72-92-79(84)66-62-58-54-50-46-44-40-38-36-34-30-26-22-18-14-10-6-2/h9-10,13-14,21-22,25-28,31-36,39,43,49,53,75-77,82H,5-8,11-12,15-20,23-24,29-30,37-38,40-42,44-48,50-52,54-74H2,1-4H3,(H,87,88)(H,89,90)/b13-9-,14-10-,25-21-,26-22-,31-27-,32-28-,35-33-,36-34-,43-39-,53-49-. The number of rotatable bonds is 72. The highest BCUT2D eigenvalue weighted by atomic mass is 31.2. The van der Waals surface area contributed by atoms with Gasteiger partial charge in [-0.25, -0.2) is 9.13 Å². The minimum absolute atomic E-state index is 0.0708. The zero-order chi connectivity index (χ0) is 73.2. The molecule has 0 aromatic carbocycles. The van der Waals surface area contributed by atoms with Gasteiger partial charge in [0.05, 0.1) is 26.4 Å². The largest absolute Gasteiger partial charge is 0.472 e. The first-order valence-electron chi connectivity index (χ1n) is 38.8. The third-order valence-electron chi connectivity index (χ3n) is 15.9. The number of aliphatic hydroxyl groups is 1. The topological polar surface area (TPSA) is 237 Å². The summed E-state index contributed by atoms with van der Waals surface area (Å²) in [6, 6.07) is 0. The zero-order valence-electron chi connectivity index (χ0n) is 62.6. The van der Waals surface area contributed by atoms with Crippen LogP contribution in [0.15, 0.2) is 122 Å². The molecule has 17 nitrogen and oxygen atoms in total. The number of carbonyl (C=O) groups excluding carboxylic acids is 4. The SMILES string of the molecule is CC/C=C\C/C=C\C/C=C\C/C=C\C/C=C\CCCC(=O)OCC(COP(=O)(O)OCC(O)COP(=O)(O)OCC(COC(=O)CCCCCCCCC/C=C\C/C=C\C/C=C\CC)OC(=O)CCCCCCC/C=C\CCCCCC)OC(=O)CCCCCCC/C=C\CCCCCC. The maximum Gasteiger partial charge on any atom is 0.472 e. The van der Waals surface area contributed by atoms with Crippen LogP contribution in [0.5, 0.6) is 0 Å². The summed E-state index contributed by atoms with van der Waals surface area (Å²) in [6.07, 6.45) is 79.1. The molecule has 0 aromatic heterocycles. The van der Waals surface area contributed by atoms with Crippen molar-refractivity contribution in [1.29, 1.82) is 0 Å². The molecule has 5 unspecified atom stereocenters. The van der Waals surface area contributed by atoms with Crippen LogP contribution in [0.1, 0.15) is 310 Å². The average Bonchev–Trinajstić information content (AvgIpc) is 0.943. The Balaban J connectivity index is 5.39. The van der Waals surface area contributed by atoms with Crippen molar-refractivity contribution in [1.82, 2.24) is 0 Å². The molecule has 19 heteroatoms. The highest BCUT2D eigenvalue weighted by molar-refractivity contribution is 7.47. The predicted molar refractivity (Wildman–Crippen MR) is 408 cm³/mol. The smallest absolute Gasteiger partial charge is 0.462 e. The van der Waals surface area contributed by atoms with Crippen molar-refractivity contribution >= 4 is 39.5 Å². The molecule has 0 fully saturated rings. The van der Waals surface area contributed by atoms with Crippen LogP contribution in [-0.2, 0) is 65.4 Å². The molecule has 0 aliphatic rings. The van der Waals surface area contributed by atoms with Crippen LogP contribution in [-0.4, -0.2) is 96.7 Å². The third kappa shape index (κ3) is 71.8. The van der Waals surface area contributed by atoms with Gasteiger partial charge in [0.2, 0.25) is 0 Å². The second-order valence-electron chi connectivity index (χ2n) is 25.5. The van der Waals surface area contributed by atoms with Gasteiger partial charge in [-0.05, 0) is 148 Å². The highest BCUT2D eigenvalue weighted by Crippen LogP contribution is 2.45. The molecule has 0 radical (unpaired) electrons. The maximum atomic E-state index is 13.1. The van der Waals surface area contributed by atoms with Crippen molar-refractivity contribution < 1.29 is 80.2 Å². The minimum Gasteiger partial charge on any atom is -0.462 e. The summed E-state index contributed by atoms with van der Waals surface area (Å²) in [7, 11) is -9.97. The average molecular weight is 1450 g/mol. The van der Waals surface area contributed by atoms with E-state index in [-0.39, 0.29) is 25.7 Å². The van der Waals surface area contributed by atoms with Gasteiger partial charge in [0.1, 0.15) is 19.3 Å². The number of aliphatic hydroxyl groups excluding tert-OH is 1. The molecule has 0 bridgehead atoms. The van der Waals surface area contributed by atoms with Crippen molar-refractivity contribution in [2.75, 3.05) is 39.6 Å². The monoisotopic (exact) mass is 1440 g/mol. The first-order valence-corrected chi connectivity index (χ1v) is 41.8. The van der Waals surface area contributed by atoms with Gasteiger partial charge in [0.15, 0.2) is 12.2 Å². The van der Waals surface area contributed by atoms with Crippen LogP contribution in [0.4, 0.5) is 0 Å². The highest BCUT2D eigenvalue weighted by Gasteiger charge is 2.30. The number of hydrogen-bond donors (Lipinski definition) is 3. The van der Waals surface area contributed by atoms with Gasteiger partial charge in [0, 0.05) is 25.7 Å². The van der Waals surface area contributed by atoms with Crippen LogP contribution < -0.4 is 0 Å². The molecule has 0 saturated carbocycles. The van der Waals surface area contributed by atoms with Crippen molar-refractivity contribution in [3.63, 3.8) is 0 Å². The van der Waals surface area contributed by atoms with Crippen molar-refractivity contribution in [3.05, 3.63) is 122 Å². The Kier molecular flexibility index (Phi) is 69.5. The number of esters is 4. The van der Waals surface area contributed by atoms with Crippen LogP contribution in [0.3, 0.4) is 0 Å². The Morgan fingerprint density at radius 3 is 0.850 bits per heavy atom. The number of phosphoric ester groups is 2. The lowest BCUT2D eigenvalue weighted by molar-refractivity contribution is -0.161. The number of allylic oxidation sites excluding steroid dienone is 20. The number of ether oxygens (including phenoxy) is 4. The van der Waals surface area contributed by atoms with Gasteiger partial charge in [-0.2, -0.15) is 0 Å². The van der Waals surface area contributed by atoms with Crippen LogP contribution >= 0.6 is 15.6 Å². The quantitative estimate of drug-likeness (QED) is 0.0169. The van der Waals surface area contributed by atoms with E-state index in [1.807, 2.05) is 12.2 Å². The molecular formula is C81H138O17P2. The van der Waals surface area contributed by atoms with Crippen molar-refractivity contribution in [2.45, 2.75) is 329 Å². The van der Waals surface area contributed by atoms with E-state index in [0.29, 0.717) is 32.1 Å². The van der Waals surface area contributed by atoms with Gasteiger partial charge in [-0.1, -0.05) is 258 Å². The second kappa shape index (κ2) is 72.8. The van der Waals surface area contributed by atoms with Crippen molar-refractivity contribution in [2.24, 2.45) is 0 Å². The van der Waals surface area contributed by atoms with E-state index in [2.05, 4.69) is 137 Å². The predicted octanol–water partition coefficient (Wildman–Crippen LogP) is 22.3. The normalized spacial score (nSPS) is 14.6. The van der Waals surface area contributed by atoms with Crippen LogP contribution in [0, 0.1) is 0 Å². The molecule has 5 atom stereocenters. The molecule has 0 aliphatic heterocycles. The number of phosphoric acid groups is 2. The Bertz CT molecular complexity index is 2370. The molecule has 0 rings (SSSR count). The zero-order valence-corrected chi connectivity index (χ0v) is 64.4. The molecule has 0 aromatic rings. The lowest BCUT2D eigenvalue weighted by atomic mass is 10.1. The second-order valence-corrected chi connectivity index (χ2v) is 28.4. The van der Waals surface area contributed by atoms with E-state index in [0.717, 1.165) is 173 Å². The fraction of sp³-hybridized carbons (Fsp3) is 0.704. The number of carbonyl (C=O) groups is 4. The molecule has 100 heavy (non-hydrogen) atoms. The van der Waals surface area contributed by atoms with E-state index in [1.165, 1.54) is 51.4 Å². The van der Waals surface area contributed by atoms with Gasteiger partial charge in [0.25, 0.3) is 0 Å². The Hall–Kier alpha value is -4.54.